The molecule has 0 fully saturated rings. The highest BCUT2D eigenvalue weighted by molar-refractivity contribution is 7.15. The molecule has 132 valence electrons. The van der Waals surface area contributed by atoms with E-state index < -0.39 is 0 Å². The minimum absolute atomic E-state index is 0.0466. The maximum atomic E-state index is 12.1. The predicted octanol–water partition coefficient (Wildman–Crippen LogP) is 3.92. The number of amides is 1. The summed E-state index contributed by atoms with van der Waals surface area (Å²) in [5, 5.41) is 5.01. The predicted molar refractivity (Wildman–Crippen MR) is 101 cm³/mol. The first-order valence-electron chi connectivity index (χ1n) is 8.58. The molecule has 6 heteroatoms. The van der Waals surface area contributed by atoms with Gasteiger partial charge in [-0.05, 0) is 44.5 Å². The Balaban J connectivity index is 1.79. The average Bonchev–Trinajstić information content (AvgIpc) is 3.18. The number of fused-ring (bicyclic) bond motifs is 1. The van der Waals surface area contributed by atoms with Crippen LogP contribution in [0.4, 0.5) is 0 Å². The zero-order valence-corrected chi connectivity index (χ0v) is 15.6. The maximum absolute atomic E-state index is 12.1. The molecule has 0 aliphatic rings. The first kappa shape index (κ1) is 17.5. The van der Waals surface area contributed by atoms with Gasteiger partial charge in [-0.25, -0.2) is 4.98 Å². The lowest BCUT2D eigenvalue weighted by Crippen LogP contribution is -2.33. The Morgan fingerprint density at radius 1 is 1.32 bits per heavy atom. The van der Waals surface area contributed by atoms with Crippen molar-refractivity contribution in [3.05, 3.63) is 41.5 Å². The molecule has 0 radical (unpaired) electrons. The quantitative estimate of drug-likeness (QED) is 0.697. The lowest BCUT2D eigenvalue weighted by Gasteiger charge is -2.10. The Kier molecular flexibility index (Phi) is 5.38. The average molecular weight is 357 g/mol. The van der Waals surface area contributed by atoms with Crippen LogP contribution in [0.3, 0.4) is 0 Å². The Hall–Kier alpha value is -2.34. The number of hydrogen-bond donors (Lipinski definition) is 1. The lowest BCUT2D eigenvalue weighted by atomic mass is 10.1. The minimum atomic E-state index is 0.0466. The molecule has 2 heterocycles. The largest absolute Gasteiger partial charge is 0.494 e. The van der Waals surface area contributed by atoms with E-state index in [1.165, 1.54) is 0 Å². The fraction of sp³-hybridized carbons (Fsp3) is 0.368. The molecule has 1 amide bonds. The Morgan fingerprint density at radius 3 is 2.76 bits per heavy atom. The molecule has 0 saturated heterocycles. The monoisotopic (exact) mass is 357 g/mol. The number of aromatic nitrogens is 2. The number of nitrogens with one attached hydrogen (secondary N) is 1. The highest BCUT2D eigenvalue weighted by Crippen LogP contribution is 2.25. The van der Waals surface area contributed by atoms with Gasteiger partial charge in [-0.2, -0.15) is 0 Å². The zero-order valence-electron chi connectivity index (χ0n) is 14.8. The summed E-state index contributed by atoms with van der Waals surface area (Å²) in [6, 6.07) is 8.11. The van der Waals surface area contributed by atoms with Gasteiger partial charge in [-0.15, -0.1) is 11.3 Å². The molecule has 3 aromatic rings. The number of carbonyl (C=O) groups excluding carboxylic acids is 1. The number of ether oxygens (including phenoxy) is 1. The van der Waals surface area contributed by atoms with Crippen LogP contribution in [0.25, 0.3) is 16.2 Å². The smallest absolute Gasteiger partial charge is 0.226 e. The topological polar surface area (TPSA) is 55.6 Å². The number of thiazole rings is 1. The summed E-state index contributed by atoms with van der Waals surface area (Å²) in [7, 11) is 0. The van der Waals surface area contributed by atoms with Crippen LogP contribution in [0.1, 0.15) is 32.9 Å². The van der Waals surface area contributed by atoms with Gasteiger partial charge in [0.1, 0.15) is 5.75 Å². The van der Waals surface area contributed by atoms with Crippen LogP contribution < -0.4 is 10.1 Å². The van der Waals surface area contributed by atoms with E-state index in [9.17, 15) is 4.79 Å². The molecule has 2 aromatic heterocycles. The van der Waals surface area contributed by atoms with Crippen LogP contribution in [0.2, 0.25) is 0 Å². The van der Waals surface area contributed by atoms with Crippen molar-refractivity contribution in [1.82, 2.24) is 14.7 Å². The van der Waals surface area contributed by atoms with E-state index in [0.717, 1.165) is 34.1 Å². The number of rotatable bonds is 7. The van der Waals surface area contributed by atoms with Crippen LogP contribution in [0.15, 0.2) is 35.8 Å². The molecule has 0 saturated carbocycles. The molecular formula is C19H23N3O2S. The van der Waals surface area contributed by atoms with Crippen molar-refractivity contribution in [2.24, 2.45) is 0 Å². The van der Waals surface area contributed by atoms with Gasteiger partial charge in [0.05, 0.1) is 18.7 Å². The summed E-state index contributed by atoms with van der Waals surface area (Å²) in [4.78, 5) is 17.7. The van der Waals surface area contributed by atoms with Crippen LogP contribution >= 0.6 is 11.3 Å². The van der Waals surface area contributed by atoms with Gasteiger partial charge in [-0.3, -0.25) is 9.20 Å². The first-order valence-corrected chi connectivity index (χ1v) is 9.46. The van der Waals surface area contributed by atoms with E-state index in [-0.39, 0.29) is 11.9 Å². The Labute approximate surface area is 151 Å². The van der Waals surface area contributed by atoms with Gasteiger partial charge in [0.15, 0.2) is 4.96 Å². The van der Waals surface area contributed by atoms with Gasteiger partial charge >= 0.3 is 0 Å². The molecule has 1 aromatic carbocycles. The minimum Gasteiger partial charge on any atom is -0.494 e. The van der Waals surface area contributed by atoms with E-state index in [1.807, 2.05) is 54.1 Å². The van der Waals surface area contributed by atoms with E-state index >= 15 is 0 Å². The van der Waals surface area contributed by atoms with Gasteiger partial charge in [-0.1, -0.05) is 6.92 Å². The lowest BCUT2D eigenvalue weighted by molar-refractivity contribution is -0.121. The Bertz CT molecular complexity index is 851. The van der Waals surface area contributed by atoms with E-state index in [2.05, 4.69) is 17.2 Å². The van der Waals surface area contributed by atoms with E-state index in [4.69, 9.17) is 4.74 Å². The number of benzene rings is 1. The number of carbonyl (C=O) groups is 1. The highest BCUT2D eigenvalue weighted by Gasteiger charge is 2.13. The molecule has 0 aliphatic heterocycles. The number of imidazole rings is 1. The molecule has 0 bridgehead atoms. The van der Waals surface area contributed by atoms with Crippen LogP contribution in [0.5, 0.6) is 5.75 Å². The van der Waals surface area contributed by atoms with Gasteiger partial charge in [0.2, 0.25) is 5.91 Å². The molecule has 1 N–H and O–H groups in total. The van der Waals surface area contributed by atoms with Crippen molar-refractivity contribution in [2.45, 2.75) is 39.7 Å². The van der Waals surface area contributed by atoms with Crippen molar-refractivity contribution >= 4 is 22.2 Å². The second-order valence-corrected chi connectivity index (χ2v) is 6.85. The van der Waals surface area contributed by atoms with Crippen molar-refractivity contribution < 1.29 is 9.53 Å². The SMILES string of the molecule is CCOc1ccc(-c2cn3c(CC(=O)N[C@@H](C)CC)csc3n2)cc1. The van der Waals surface area contributed by atoms with E-state index in [1.54, 1.807) is 11.3 Å². The van der Waals surface area contributed by atoms with Crippen molar-refractivity contribution in [3.8, 4) is 17.0 Å². The molecule has 25 heavy (non-hydrogen) atoms. The van der Waals surface area contributed by atoms with Crippen molar-refractivity contribution in [3.63, 3.8) is 0 Å². The summed E-state index contributed by atoms with van der Waals surface area (Å²) < 4.78 is 7.48. The summed E-state index contributed by atoms with van der Waals surface area (Å²) in [6.07, 6.45) is 3.29. The third-order valence-corrected chi connectivity index (χ3v) is 4.99. The molecular weight excluding hydrogens is 334 g/mol. The second kappa shape index (κ2) is 7.70. The standard InChI is InChI=1S/C19H23N3O2S/c1-4-13(3)20-18(23)10-15-12-25-19-21-17(11-22(15)19)14-6-8-16(9-7-14)24-5-2/h6-9,11-13H,4-5,10H2,1-3H3,(H,20,23)/t13-/m0/s1. The van der Waals surface area contributed by atoms with Crippen molar-refractivity contribution in [2.75, 3.05) is 6.61 Å². The molecule has 3 rings (SSSR count). The van der Waals surface area contributed by atoms with Gasteiger partial charge in [0.25, 0.3) is 0 Å². The Morgan fingerprint density at radius 2 is 2.08 bits per heavy atom. The second-order valence-electron chi connectivity index (χ2n) is 6.02. The summed E-state index contributed by atoms with van der Waals surface area (Å²) >= 11 is 1.55. The molecule has 5 nitrogen and oxygen atoms in total. The van der Waals surface area contributed by atoms with E-state index in [0.29, 0.717) is 13.0 Å². The highest BCUT2D eigenvalue weighted by atomic mass is 32.1. The van der Waals surface area contributed by atoms with Crippen LogP contribution in [0, 0.1) is 0 Å². The summed E-state index contributed by atoms with van der Waals surface area (Å²) in [6.45, 7) is 6.70. The molecule has 0 unspecified atom stereocenters. The maximum Gasteiger partial charge on any atom is 0.226 e. The first-order chi connectivity index (χ1) is 12.1. The fourth-order valence-electron chi connectivity index (χ4n) is 2.58. The third kappa shape index (κ3) is 4.02. The van der Waals surface area contributed by atoms with Crippen LogP contribution in [-0.4, -0.2) is 27.9 Å². The number of hydrogen-bond acceptors (Lipinski definition) is 4. The molecule has 0 spiro atoms. The van der Waals surface area contributed by atoms with Crippen molar-refractivity contribution in [1.29, 1.82) is 0 Å². The summed E-state index contributed by atoms with van der Waals surface area (Å²) in [5.41, 5.74) is 2.90. The summed E-state index contributed by atoms with van der Waals surface area (Å²) in [5.74, 6) is 0.903. The normalized spacial score (nSPS) is 12.3. The zero-order chi connectivity index (χ0) is 17.8. The molecule has 1 atom stereocenters. The van der Waals surface area contributed by atoms with Gasteiger partial charge in [0, 0.05) is 28.9 Å². The fourth-order valence-corrected chi connectivity index (χ4v) is 3.45. The third-order valence-electron chi connectivity index (χ3n) is 4.11. The number of nitrogens with zero attached hydrogens (tertiary/aromatic N) is 2. The van der Waals surface area contributed by atoms with Gasteiger partial charge < -0.3 is 10.1 Å². The molecule has 0 aliphatic carbocycles. The van der Waals surface area contributed by atoms with Crippen LogP contribution in [-0.2, 0) is 11.2 Å².